The van der Waals surface area contributed by atoms with Gasteiger partial charge in [0.1, 0.15) is 0 Å². The molecule has 0 saturated carbocycles. The van der Waals surface area contributed by atoms with Crippen LogP contribution in [0.3, 0.4) is 0 Å². The molecule has 72 valence electrons. The summed E-state index contributed by atoms with van der Waals surface area (Å²) in [6, 6.07) is 0. The third-order valence-electron chi connectivity index (χ3n) is 2.13. The number of hydrogen-bond donors (Lipinski definition) is 0. The number of nitrogens with zero attached hydrogens (tertiary/aromatic N) is 4. The van der Waals surface area contributed by atoms with Crippen molar-refractivity contribution in [2.75, 3.05) is 26.3 Å². The molecule has 0 bridgehead atoms. The van der Waals surface area contributed by atoms with E-state index in [9.17, 15) is 0 Å². The molecule has 0 spiro atoms. The van der Waals surface area contributed by atoms with Crippen molar-refractivity contribution in [1.82, 2.24) is 19.9 Å². The molecule has 0 unspecified atom stereocenters. The summed E-state index contributed by atoms with van der Waals surface area (Å²) in [7, 11) is 0. The van der Waals surface area contributed by atoms with Crippen LogP contribution in [-0.2, 0) is 11.4 Å². The van der Waals surface area contributed by atoms with Gasteiger partial charge >= 0.3 is 0 Å². The molecule has 1 aliphatic heterocycles. The quantitative estimate of drug-likeness (QED) is 0.643. The van der Waals surface area contributed by atoms with Gasteiger partial charge in [-0.2, -0.15) is 0 Å². The minimum absolute atomic E-state index is 0.823. The number of hydrogen-bond acceptors (Lipinski definition) is 4. The molecule has 0 aliphatic carbocycles. The van der Waals surface area contributed by atoms with E-state index in [1.165, 1.54) is 0 Å². The monoisotopic (exact) mass is 182 g/mol. The normalized spacial score (nSPS) is 20.0. The predicted molar refractivity (Wildman–Crippen MR) is 47.0 cm³/mol. The smallest absolute Gasteiger partial charge is 0.0947 e. The summed E-state index contributed by atoms with van der Waals surface area (Å²) >= 11 is 0. The maximum atomic E-state index is 5.36. The molecule has 0 aromatic carbocycles. The van der Waals surface area contributed by atoms with Crippen molar-refractivity contribution in [2.24, 2.45) is 0 Å². The fourth-order valence-corrected chi connectivity index (χ4v) is 1.45. The van der Waals surface area contributed by atoms with Gasteiger partial charge in [-0.05, 0) is 6.42 Å². The Morgan fingerprint density at radius 1 is 1.31 bits per heavy atom. The van der Waals surface area contributed by atoms with E-state index in [0.717, 1.165) is 39.4 Å². The van der Waals surface area contributed by atoms with E-state index in [4.69, 9.17) is 4.74 Å². The van der Waals surface area contributed by atoms with Crippen LogP contribution in [0, 0.1) is 0 Å². The summed E-state index contributed by atoms with van der Waals surface area (Å²) in [5, 5.41) is 7.69. The summed E-state index contributed by atoms with van der Waals surface area (Å²) < 4.78 is 7.20. The lowest BCUT2D eigenvalue weighted by molar-refractivity contribution is 0.133. The SMILES string of the molecule is c1cn(CN2CCCOCC2)nn1. The zero-order valence-corrected chi connectivity index (χ0v) is 7.59. The molecule has 0 N–H and O–H groups in total. The maximum Gasteiger partial charge on any atom is 0.0947 e. The van der Waals surface area contributed by atoms with Crippen molar-refractivity contribution in [3.8, 4) is 0 Å². The summed E-state index contributed by atoms with van der Waals surface area (Å²) in [6.45, 7) is 4.60. The highest BCUT2D eigenvalue weighted by Gasteiger charge is 2.08. The van der Waals surface area contributed by atoms with E-state index in [-0.39, 0.29) is 0 Å². The first-order chi connectivity index (χ1) is 6.45. The molecule has 2 heterocycles. The van der Waals surface area contributed by atoms with Crippen LogP contribution < -0.4 is 0 Å². The van der Waals surface area contributed by atoms with Crippen LogP contribution in [0.1, 0.15) is 6.42 Å². The molecular weight excluding hydrogens is 168 g/mol. The summed E-state index contributed by atoms with van der Waals surface area (Å²) in [6.07, 6.45) is 4.69. The second-order valence-electron chi connectivity index (χ2n) is 3.17. The van der Waals surface area contributed by atoms with Gasteiger partial charge in [0.05, 0.1) is 19.5 Å². The fraction of sp³-hybridized carbons (Fsp3) is 0.750. The number of rotatable bonds is 2. The molecule has 13 heavy (non-hydrogen) atoms. The van der Waals surface area contributed by atoms with Gasteiger partial charge in [-0.25, -0.2) is 4.68 Å². The predicted octanol–water partition coefficient (Wildman–Crippen LogP) is -0.0421. The number of ether oxygens (including phenoxy) is 1. The zero-order chi connectivity index (χ0) is 8.93. The molecule has 1 saturated heterocycles. The van der Waals surface area contributed by atoms with E-state index in [1.54, 1.807) is 6.20 Å². The van der Waals surface area contributed by atoms with Crippen LogP contribution in [0.5, 0.6) is 0 Å². The third kappa shape index (κ3) is 2.50. The Balaban J connectivity index is 1.86. The zero-order valence-electron chi connectivity index (χ0n) is 7.59. The van der Waals surface area contributed by atoms with E-state index in [0.29, 0.717) is 0 Å². The Hall–Kier alpha value is -0.940. The highest BCUT2D eigenvalue weighted by atomic mass is 16.5. The molecule has 0 atom stereocenters. The van der Waals surface area contributed by atoms with Crippen LogP contribution >= 0.6 is 0 Å². The molecule has 5 heteroatoms. The second-order valence-corrected chi connectivity index (χ2v) is 3.17. The van der Waals surface area contributed by atoms with Crippen molar-refractivity contribution in [2.45, 2.75) is 13.1 Å². The van der Waals surface area contributed by atoms with Crippen molar-refractivity contribution >= 4 is 0 Å². The van der Waals surface area contributed by atoms with E-state index < -0.39 is 0 Å². The van der Waals surface area contributed by atoms with Gasteiger partial charge in [0.25, 0.3) is 0 Å². The summed E-state index contributed by atoms with van der Waals surface area (Å²) in [5.41, 5.74) is 0. The Morgan fingerprint density at radius 3 is 3.15 bits per heavy atom. The largest absolute Gasteiger partial charge is 0.380 e. The fourth-order valence-electron chi connectivity index (χ4n) is 1.45. The molecule has 0 radical (unpaired) electrons. The highest BCUT2D eigenvalue weighted by Crippen LogP contribution is 1.99. The van der Waals surface area contributed by atoms with E-state index in [1.807, 2.05) is 10.9 Å². The van der Waals surface area contributed by atoms with Gasteiger partial charge in [-0.15, -0.1) is 5.10 Å². The molecular formula is C8H14N4O. The number of aromatic nitrogens is 3. The lowest BCUT2D eigenvalue weighted by atomic mass is 10.4. The minimum atomic E-state index is 0.823. The average Bonchev–Trinajstić information content (AvgIpc) is 2.49. The first kappa shape index (κ1) is 8.65. The molecule has 1 aromatic heterocycles. The molecule has 1 fully saturated rings. The molecule has 2 rings (SSSR count). The van der Waals surface area contributed by atoms with Gasteiger partial charge in [0, 0.05) is 25.9 Å². The Morgan fingerprint density at radius 2 is 2.31 bits per heavy atom. The molecule has 1 aromatic rings. The van der Waals surface area contributed by atoms with Crippen molar-refractivity contribution < 1.29 is 4.74 Å². The van der Waals surface area contributed by atoms with E-state index >= 15 is 0 Å². The third-order valence-corrected chi connectivity index (χ3v) is 2.13. The minimum Gasteiger partial charge on any atom is -0.380 e. The Bertz CT molecular complexity index is 228. The van der Waals surface area contributed by atoms with E-state index in [2.05, 4.69) is 15.2 Å². The van der Waals surface area contributed by atoms with Crippen LogP contribution in [0.15, 0.2) is 12.4 Å². The highest BCUT2D eigenvalue weighted by molar-refractivity contribution is 4.65. The van der Waals surface area contributed by atoms with Gasteiger partial charge < -0.3 is 4.74 Å². The summed E-state index contributed by atoms with van der Waals surface area (Å²) in [4.78, 5) is 2.32. The standard InChI is InChI=1S/C8H14N4O/c1-3-11(5-7-13-6-1)8-12-4-2-9-10-12/h2,4H,1,3,5-8H2. The van der Waals surface area contributed by atoms with Crippen LogP contribution in [0.4, 0.5) is 0 Å². The van der Waals surface area contributed by atoms with Gasteiger partial charge in [-0.1, -0.05) is 5.21 Å². The first-order valence-corrected chi connectivity index (χ1v) is 4.59. The van der Waals surface area contributed by atoms with Crippen LogP contribution in [0.2, 0.25) is 0 Å². The van der Waals surface area contributed by atoms with Gasteiger partial charge in [0.15, 0.2) is 0 Å². The lowest BCUT2D eigenvalue weighted by Crippen LogP contribution is -2.29. The molecule has 5 nitrogen and oxygen atoms in total. The lowest BCUT2D eigenvalue weighted by Gasteiger charge is -2.17. The Labute approximate surface area is 77.3 Å². The molecule has 1 aliphatic rings. The first-order valence-electron chi connectivity index (χ1n) is 4.59. The van der Waals surface area contributed by atoms with Crippen molar-refractivity contribution in [3.05, 3.63) is 12.4 Å². The van der Waals surface area contributed by atoms with Gasteiger partial charge in [0.2, 0.25) is 0 Å². The topological polar surface area (TPSA) is 43.2 Å². The van der Waals surface area contributed by atoms with Crippen LogP contribution in [0.25, 0.3) is 0 Å². The summed E-state index contributed by atoms with van der Waals surface area (Å²) in [5.74, 6) is 0. The van der Waals surface area contributed by atoms with Crippen molar-refractivity contribution in [3.63, 3.8) is 0 Å². The molecule has 0 amide bonds. The Kier molecular flexibility index (Phi) is 2.89. The maximum absolute atomic E-state index is 5.36. The van der Waals surface area contributed by atoms with Gasteiger partial charge in [-0.3, -0.25) is 4.90 Å². The average molecular weight is 182 g/mol. The van der Waals surface area contributed by atoms with Crippen molar-refractivity contribution in [1.29, 1.82) is 0 Å². The van der Waals surface area contributed by atoms with Crippen LogP contribution in [-0.4, -0.2) is 46.2 Å². The second kappa shape index (κ2) is 4.34.